The second-order valence-electron chi connectivity index (χ2n) is 1.78. The molecular weight excluding hydrogens is 142 g/mol. The number of carbonyl (C=O) groups excluding carboxylic acids is 1. The zero-order chi connectivity index (χ0) is 8.69. The molecule has 0 saturated heterocycles. The first kappa shape index (κ1) is 9.71. The van der Waals surface area contributed by atoms with E-state index in [0.717, 1.165) is 0 Å². The van der Waals surface area contributed by atoms with Crippen molar-refractivity contribution in [1.82, 2.24) is 10.6 Å². The standard InChI is InChI=1S/C7H13N3O/c1-3-4-6(10-5-8)7(11)9-2/h3-4,10H,1,5,8H2,2H3,(H,9,11)/b6-4-. The van der Waals surface area contributed by atoms with Crippen molar-refractivity contribution < 1.29 is 4.79 Å². The van der Waals surface area contributed by atoms with Gasteiger partial charge in [0.2, 0.25) is 0 Å². The van der Waals surface area contributed by atoms with Crippen molar-refractivity contribution >= 4 is 5.91 Å². The van der Waals surface area contributed by atoms with E-state index in [-0.39, 0.29) is 12.6 Å². The molecule has 0 aromatic rings. The van der Waals surface area contributed by atoms with Crippen LogP contribution in [0.5, 0.6) is 0 Å². The Kier molecular flexibility index (Phi) is 4.85. The minimum atomic E-state index is -0.199. The van der Waals surface area contributed by atoms with Gasteiger partial charge in [-0.1, -0.05) is 12.7 Å². The summed E-state index contributed by atoms with van der Waals surface area (Å²) in [6.07, 6.45) is 3.08. The van der Waals surface area contributed by atoms with Crippen LogP contribution in [0.15, 0.2) is 24.4 Å². The highest BCUT2D eigenvalue weighted by atomic mass is 16.1. The molecule has 0 unspecified atom stereocenters. The second-order valence-corrected chi connectivity index (χ2v) is 1.78. The van der Waals surface area contributed by atoms with Gasteiger partial charge in [-0.15, -0.1) is 0 Å². The van der Waals surface area contributed by atoms with Gasteiger partial charge in [-0.25, -0.2) is 0 Å². The van der Waals surface area contributed by atoms with Gasteiger partial charge in [0.15, 0.2) is 0 Å². The quantitative estimate of drug-likeness (QED) is 0.286. The van der Waals surface area contributed by atoms with E-state index in [4.69, 9.17) is 5.73 Å². The van der Waals surface area contributed by atoms with Crippen LogP contribution in [0.1, 0.15) is 0 Å². The second kappa shape index (κ2) is 5.49. The summed E-state index contributed by atoms with van der Waals surface area (Å²) in [5.74, 6) is -0.199. The van der Waals surface area contributed by atoms with Crippen LogP contribution in [0.3, 0.4) is 0 Å². The van der Waals surface area contributed by atoms with Gasteiger partial charge in [0, 0.05) is 7.05 Å². The zero-order valence-corrected chi connectivity index (χ0v) is 6.55. The molecule has 0 spiro atoms. The molecule has 0 aliphatic carbocycles. The minimum absolute atomic E-state index is 0.199. The third-order valence-corrected chi connectivity index (χ3v) is 1.05. The highest BCUT2D eigenvalue weighted by Gasteiger charge is 2.02. The van der Waals surface area contributed by atoms with Gasteiger partial charge in [0.1, 0.15) is 5.70 Å². The maximum absolute atomic E-state index is 10.9. The van der Waals surface area contributed by atoms with Gasteiger partial charge in [-0.05, 0) is 6.08 Å². The SMILES string of the molecule is C=C/C=C(\NCN)C(=O)NC. The Bertz CT molecular complexity index is 175. The largest absolute Gasteiger partial charge is 0.368 e. The number of hydrogen-bond acceptors (Lipinski definition) is 3. The number of allylic oxidation sites excluding steroid dienone is 2. The summed E-state index contributed by atoms with van der Waals surface area (Å²) in [6, 6.07) is 0. The molecule has 4 heteroatoms. The fraction of sp³-hybridized carbons (Fsp3) is 0.286. The molecule has 11 heavy (non-hydrogen) atoms. The average Bonchev–Trinajstić information content (AvgIpc) is 2.03. The van der Waals surface area contributed by atoms with E-state index in [9.17, 15) is 4.79 Å². The van der Waals surface area contributed by atoms with E-state index in [1.165, 1.54) is 6.08 Å². The number of nitrogens with two attached hydrogens (primary N) is 1. The Labute approximate surface area is 66.2 Å². The topological polar surface area (TPSA) is 67.1 Å². The molecule has 0 rings (SSSR count). The van der Waals surface area contributed by atoms with Crippen LogP contribution >= 0.6 is 0 Å². The lowest BCUT2D eigenvalue weighted by molar-refractivity contribution is -0.117. The highest BCUT2D eigenvalue weighted by molar-refractivity contribution is 5.92. The summed E-state index contributed by atoms with van der Waals surface area (Å²) in [7, 11) is 1.55. The van der Waals surface area contributed by atoms with E-state index in [0.29, 0.717) is 5.70 Å². The van der Waals surface area contributed by atoms with Crippen LogP contribution in [-0.2, 0) is 4.79 Å². The molecule has 0 fully saturated rings. The third kappa shape index (κ3) is 3.42. The Morgan fingerprint density at radius 1 is 1.73 bits per heavy atom. The highest BCUT2D eigenvalue weighted by Crippen LogP contribution is 1.87. The maximum Gasteiger partial charge on any atom is 0.267 e. The summed E-state index contributed by atoms with van der Waals surface area (Å²) >= 11 is 0. The number of carbonyl (C=O) groups is 1. The summed E-state index contributed by atoms with van der Waals surface area (Å²) in [6.45, 7) is 3.69. The van der Waals surface area contributed by atoms with Crippen molar-refractivity contribution in [3.8, 4) is 0 Å². The van der Waals surface area contributed by atoms with Gasteiger partial charge >= 0.3 is 0 Å². The predicted octanol–water partition coefficient (Wildman–Crippen LogP) is -0.692. The molecule has 0 bridgehead atoms. The number of nitrogens with one attached hydrogen (secondary N) is 2. The van der Waals surface area contributed by atoms with Gasteiger partial charge in [0.05, 0.1) is 6.67 Å². The molecule has 62 valence electrons. The monoisotopic (exact) mass is 155 g/mol. The average molecular weight is 155 g/mol. The number of amides is 1. The zero-order valence-electron chi connectivity index (χ0n) is 6.55. The molecule has 0 aromatic carbocycles. The minimum Gasteiger partial charge on any atom is -0.368 e. The summed E-state index contributed by atoms with van der Waals surface area (Å²) in [5.41, 5.74) is 5.61. The number of hydrogen-bond donors (Lipinski definition) is 3. The molecule has 0 aromatic heterocycles. The Balaban J connectivity index is 4.20. The van der Waals surface area contributed by atoms with Gasteiger partial charge in [-0.3, -0.25) is 4.79 Å². The van der Waals surface area contributed by atoms with E-state index >= 15 is 0 Å². The van der Waals surface area contributed by atoms with Crippen LogP contribution in [-0.4, -0.2) is 19.6 Å². The fourth-order valence-electron chi connectivity index (χ4n) is 0.577. The van der Waals surface area contributed by atoms with Crippen molar-refractivity contribution in [3.63, 3.8) is 0 Å². The molecule has 4 nitrogen and oxygen atoms in total. The van der Waals surface area contributed by atoms with Crippen LogP contribution < -0.4 is 16.4 Å². The van der Waals surface area contributed by atoms with E-state index < -0.39 is 0 Å². The lowest BCUT2D eigenvalue weighted by Crippen LogP contribution is -2.32. The Morgan fingerprint density at radius 2 is 2.36 bits per heavy atom. The molecule has 1 amide bonds. The first-order valence-electron chi connectivity index (χ1n) is 3.25. The van der Waals surface area contributed by atoms with E-state index in [2.05, 4.69) is 17.2 Å². The molecular formula is C7H13N3O. The Morgan fingerprint density at radius 3 is 2.73 bits per heavy atom. The van der Waals surface area contributed by atoms with Crippen LogP contribution in [0, 0.1) is 0 Å². The van der Waals surface area contributed by atoms with Crippen LogP contribution in [0.2, 0.25) is 0 Å². The van der Waals surface area contributed by atoms with E-state index in [1.54, 1.807) is 13.1 Å². The molecule has 0 atom stereocenters. The molecule has 0 aliphatic rings. The number of likely N-dealkylation sites (N-methyl/N-ethyl adjacent to an activating group) is 1. The fourth-order valence-corrected chi connectivity index (χ4v) is 0.577. The summed E-state index contributed by atoms with van der Waals surface area (Å²) < 4.78 is 0. The van der Waals surface area contributed by atoms with Crippen LogP contribution in [0.4, 0.5) is 0 Å². The van der Waals surface area contributed by atoms with Crippen molar-refractivity contribution in [1.29, 1.82) is 0 Å². The lowest BCUT2D eigenvalue weighted by atomic mass is 10.3. The van der Waals surface area contributed by atoms with Crippen LogP contribution in [0.25, 0.3) is 0 Å². The number of rotatable bonds is 4. The van der Waals surface area contributed by atoms with Crippen molar-refractivity contribution in [2.45, 2.75) is 0 Å². The summed E-state index contributed by atoms with van der Waals surface area (Å²) in [5, 5.41) is 5.15. The third-order valence-electron chi connectivity index (χ3n) is 1.05. The van der Waals surface area contributed by atoms with Crippen molar-refractivity contribution in [3.05, 3.63) is 24.4 Å². The lowest BCUT2D eigenvalue weighted by Gasteiger charge is -2.05. The maximum atomic E-state index is 10.9. The smallest absolute Gasteiger partial charge is 0.267 e. The predicted molar refractivity (Wildman–Crippen MR) is 44.5 cm³/mol. The molecule has 0 saturated carbocycles. The van der Waals surface area contributed by atoms with Gasteiger partial charge in [0.25, 0.3) is 5.91 Å². The van der Waals surface area contributed by atoms with Crippen molar-refractivity contribution in [2.75, 3.05) is 13.7 Å². The van der Waals surface area contributed by atoms with Crippen molar-refractivity contribution in [2.24, 2.45) is 5.73 Å². The first-order chi connectivity index (χ1) is 5.26. The molecule has 4 N–H and O–H groups in total. The Hall–Kier alpha value is -1.29. The molecule has 0 heterocycles. The normalized spacial score (nSPS) is 10.5. The molecule has 0 radical (unpaired) electrons. The summed E-state index contributed by atoms with van der Waals surface area (Å²) in [4.78, 5) is 10.9. The first-order valence-corrected chi connectivity index (χ1v) is 3.25. The molecule has 0 aliphatic heterocycles. The van der Waals surface area contributed by atoms with Gasteiger partial charge in [-0.2, -0.15) is 0 Å². The van der Waals surface area contributed by atoms with Gasteiger partial charge < -0.3 is 16.4 Å². The van der Waals surface area contributed by atoms with E-state index in [1.807, 2.05) is 0 Å².